The van der Waals surface area contributed by atoms with Crippen LogP contribution in [0.15, 0.2) is 76.5 Å². The van der Waals surface area contributed by atoms with Crippen molar-refractivity contribution in [2.45, 2.75) is 16.2 Å². The first-order valence-electron chi connectivity index (χ1n) is 8.82. The summed E-state index contributed by atoms with van der Waals surface area (Å²) in [6.07, 6.45) is -0.102. The maximum atomic E-state index is 13.0. The van der Waals surface area contributed by atoms with Crippen molar-refractivity contribution in [3.8, 4) is 0 Å². The lowest BCUT2D eigenvalue weighted by molar-refractivity contribution is -0.147. The summed E-state index contributed by atoms with van der Waals surface area (Å²) in [5.74, 6) is -0.898. The van der Waals surface area contributed by atoms with Crippen LogP contribution in [0.1, 0.15) is 5.56 Å². The number of carbonyl (C=O) groups is 2. The number of ether oxygens (including phenoxy) is 1. The molecule has 0 atom stereocenters. The Morgan fingerprint density at radius 2 is 1.38 bits per heavy atom. The zero-order chi connectivity index (χ0) is 20.4. The van der Waals surface area contributed by atoms with Gasteiger partial charge in [0, 0.05) is 25.4 Å². The van der Waals surface area contributed by atoms with Crippen molar-refractivity contribution in [2.75, 3.05) is 11.5 Å². The number of fused-ring (bicyclic) bond motifs is 2. The Morgan fingerprint density at radius 3 is 1.97 bits per heavy atom. The lowest BCUT2D eigenvalue weighted by atomic mass is 10.1. The molecule has 0 radical (unpaired) electrons. The Bertz CT molecular complexity index is 1040. The monoisotopic (exact) mass is 443 g/mol. The number of hydrogen-bond donors (Lipinski definition) is 0. The van der Waals surface area contributed by atoms with Gasteiger partial charge in [-0.15, -0.1) is 0 Å². The second-order valence-corrected chi connectivity index (χ2v) is 8.20. The molecule has 1 heterocycles. The molecule has 0 bridgehead atoms. The van der Waals surface area contributed by atoms with Crippen molar-refractivity contribution in [3.05, 3.63) is 82.3 Å². The van der Waals surface area contributed by atoms with Crippen LogP contribution in [0.5, 0.6) is 0 Å². The van der Waals surface area contributed by atoms with E-state index < -0.39 is 5.97 Å². The predicted octanol–water partition coefficient (Wildman–Crippen LogP) is 5.91. The van der Waals surface area contributed by atoms with E-state index in [0.717, 1.165) is 21.2 Å². The maximum absolute atomic E-state index is 13.0. The highest BCUT2D eigenvalue weighted by atomic mass is 35.5. The predicted molar refractivity (Wildman–Crippen MR) is 115 cm³/mol. The van der Waals surface area contributed by atoms with E-state index in [-0.39, 0.29) is 18.9 Å². The van der Waals surface area contributed by atoms with Gasteiger partial charge in [0.15, 0.2) is 6.61 Å². The quantitative estimate of drug-likeness (QED) is 0.470. The van der Waals surface area contributed by atoms with Gasteiger partial charge in [0.25, 0.3) is 5.91 Å². The molecule has 0 fully saturated rings. The van der Waals surface area contributed by atoms with Crippen LogP contribution in [-0.2, 0) is 20.7 Å². The van der Waals surface area contributed by atoms with Gasteiger partial charge in [-0.3, -0.25) is 14.5 Å². The summed E-state index contributed by atoms with van der Waals surface area (Å²) in [6.45, 7) is -0.381. The minimum atomic E-state index is -0.568. The van der Waals surface area contributed by atoms with Crippen LogP contribution in [0.2, 0.25) is 10.0 Å². The molecule has 0 unspecified atom stereocenters. The molecule has 0 N–H and O–H groups in total. The van der Waals surface area contributed by atoms with Gasteiger partial charge in [0.1, 0.15) is 0 Å². The largest absolute Gasteiger partial charge is 0.455 e. The van der Waals surface area contributed by atoms with E-state index in [1.165, 1.54) is 0 Å². The van der Waals surface area contributed by atoms with Gasteiger partial charge >= 0.3 is 5.97 Å². The number of amides is 1. The molecule has 146 valence electrons. The summed E-state index contributed by atoms with van der Waals surface area (Å²) in [7, 11) is 0. The first-order chi connectivity index (χ1) is 14.0. The van der Waals surface area contributed by atoms with E-state index >= 15 is 0 Å². The Labute approximate surface area is 182 Å². The minimum absolute atomic E-state index is 0.102. The summed E-state index contributed by atoms with van der Waals surface area (Å²) in [4.78, 5) is 28.8. The fraction of sp³-hybridized carbons (Fsp3) is 0.0909. The Morgan fingerprint density at radius 1 is 0.828 bits per heavy atom. The summed E-state index contributed by atoms with van der Waals surface area (Å²) in [6, 6.07) is 20.3. The van der Waals surface area contributed by atoms with Crippen LogP contribution >= 0.6 is 35.0 Å². The molecule has 0 aromatic heterocycles. The van der Waals surface area contributed by atoms with Crippen LogP contribution in [0.25, 0.3) is 0 Å². The van der Waals surface area contributed by atoms with Crippen molar-refractivity contribution >= 4 is 58.2 Å². The van der Waals surface area contributed by atoms with Crippen LogP contribution < -0.4 is 4.90 Å². The van der Waals surface area contributed by atoms with E-state index in [4.69, 9.17) is 27.9 Å². The number of para-hydroxylation sites is 2. The molecule has 29 heavy (non-hydrogen) atoms. The molecule has 3 aromatic carbocycles. The average molecular weight is 444 g/mol. The van der Waals surface area contributed by atoms with Gasteiger partial charge in [-0.05, 0) is 36.4 Å². The van der Waals surface area contributed by atoms with Gasteiger partial charge < -0.3 is 4.74 Å². The minimum Gasteiger partial charge on any atom is -0.455 e. The lowest BCUT2D eigenvalue weighted by Crippen LogP contribution is -2.32. The van der Waals surface area contributed by atoms with E-state index in [1.54, 1.807) is 34.9 Å². The lowest BCUT2D eigenvalue weighted by Gasteiger charge is -2.30. The SMILES string of the molecule is O=C(Cc1c(Cl)cccc1Cl)OCC(=O)N1c2ccccc2Sc2ccccc21. The molecule has 3 aromatic rings. The molecule has 1 amide bonds. The van der Waals surface area contributed by atoms with Crippen LogP contribution in [0.4, 0.5) is 11.4 Å². The molecule has 1 aliphatic heterocycles. The molecule has 0 spiro atoms. The van der Waals surface area contributed by atoms with Crippen molar-refractivity contribution < 1.29 is 14.3 Å². The van der Waals surface area contributed by atoms with Crippen LogP contribution in [-0.4, -0.2) is 18.5 Å². The first kappa shape index (κ1) is 19.8. The third-order valence-electron chi connectivity index (χ3n) is 4.42. The normalized spacial score (nSPS) is 12.1. The van der Waals surface area contributed by atoms with Gasteiger partial charge in [-0.25, -0.2) is 0 Å². The van der Waals surface area contributed by atoms with E-state index in [9.17, 15) is 9.59 Å². The zero-order valence-electron chi connectivity index (χ0n) is 15.1. The second-order valence-electron chi connectivity index (χ2n) is 6.30. The third-order valence-corrected chi connectivity index (χ3v) is 6.26. The third kappa shape index (κ3) is 4.13. The molecule has 4 rings (SSSR count). The van der Waals surface area contributed by atoms with Gasteiger partial charge in [-0.1, -0.05) is 65.3 Å². The summed E-state index contributed by atoms with van der Waals surface area (Å²) < 4.78 is 5.25. The number of hydrogen-bond acceptors (Lipinski definition) is 4. The number of esters is 1. The standard InChI is InChI=1S/C22H15Cl2NO3S/c23-15-6-5-7-16(24)14(15)12-22(27)28-13-21(26)25-17-8-1-3-10-19(17)29-20-11-4-2-9-18(20)25/h1-11H,12-13H2. The number of benzene rings is 3. The molecular formula is C22H15Cl2NO3S. The Balaban J connectivity index is 1.51. The fourth-order valence-corrected chi connectivity index (χ4v) is 4.67. The number of halogens is 2. The van der Waals surface area contributed by atoms with Gasteiger partial charge in [-0.2, -0.15) is 0 Å². The molecule has 4 nitrogen and oxygen atoms in total. The highest BCUT2D eigenvalue weighted by Crippen LogP contribution is 2.47. The molecule has 0 saturated carbocycles. The van der Waals surface area contributed by atoms with Crippen molar-refractivity contribution in [2.24, 2.45) is 0 Å². The van der Waals surface area contributed by atoms with E-state index in [0.29, 0.717) is 15.6 Å². The highest BCUT2D eigenvalue weighted by molar-refractivity contribution is 7.99. The first-order valence-corrected chi connectivity index (χ1v) is 10.4. The van der Waals surface area contributed by atoms with E-state index in [1.807, 2.05) is 48.5 Å². The second kappa shape index (κ2) is 8.49. The summed E-state index contributed by atoms with van der Waals surface area (Å²) in [5, 5.41) is 0.772. The number of rotatable bonds is 4. The summed E-state index contributed by atoms with van der Waals surface area (Å²) >= 11 is 13.8. The van der Waals surface area contributed by atoms with E-state index in [2.05, 4.69) is 0 Å². The molecule has 0 saturated heterocycles. The van der Waals surface area contributed by atoms with Crippen LogP contribution in [0, 0.1) is 0 Å². The molecule has 7 heteroatoms. The fourth-order valence-electron chi connectivity index (χ4n) is 3.08. The zero-order valence-corrected chi connectivity index (χ0v) is 17.4. The van der Waals surface area contributed by atoms with Crippen molar-refractivity contribution in [3.63, 3.8) is 0 Å². The topological polar surface area (TPSA) is 46.6 Å². The average Bonchev–Trinajstić information content (AvgIpc) is 2.73. The number of nitrogens with zero attached hydrogens (tertiary/aromatic N) is 1. The number of anilines is 2. The van der Waals surface area contributed by atoms with Crippen molar-refractivity contribution in [1.29, 1.82) is 0 Å². The Kier molecular flexibility index (Phi) is 5.81. The van der Waals surface area contributed by atoms with Gasteiger partial charge in [0.2, 0.25) is 0 Å². The van der Waals surface area contributed by atoms with Gasteiger partial charge in [0.05, 0.1) is 17.8 Å². The van der Waals surface area contributed by atoms with Crippen LogP contribution in [0.3, 0.4) is 0 Å². The molecule has 1 aliphatic rings. The summed E-state index contributed by atoms with van der Waals surface area (Å²) in [5.41, 5.74) is 2.02. The molecule has 0 aliphatic carbocycles. The van der Waals surface area contributed by atoms with Crippen molar-refractivity contribution in [1.82, 2.24) is 0 Å². The smallest absolute Gasteiger partial charge is 0.310 e. The molecular weight excluding hydrogens is 429 g/mol. The highest BCUT2D eigenvalue weighted by Gasteiger charge is 2.28. The maximum Gasteiger partial charge on any atom is 0.310 e. The number of carbonyl (C=O) groups excluding carboxylic acids is 2. The Hall–Kier alpha value is -2.47.